The van der Waals surface area contributed by atoms with Gasteiger partial charge in [-0.25, -0.2) is 4.79 Å². The number of hydrogen-bond donors (Lipinski definition) is 2. The molecule has 0 aromatic rings. The van der Waals surface area contributed by atoms with Crippen LogP contribution in [-0.4, -0.2) is 39.4 Å². The first-order valence-corrected chi connectivity index (χ1v) is 5.33. The molecular formula is C11H23NO3. The Balaban J connectivity index is 4.79. The summed E-state index contributed by atoms with van der Waals surface area (Å²) in [5, 5.41) is 18.4. The van der Waals surface area contributed by atoms with Crippen LogP contribution in [-0.2, 0) is 0 Å². The third-order valence-electron chi connectivity index (χ3n) is 2.25. The van der Waals surface area contributed by atoms with Crippen molar-refractivity contribution < 1.29 is 15.0 Å². The number of aliphatic hydroxyl groups is 1. The van der Waals surface area contributed by atoms with Crippen molar-refractivity contribution in [1.29, 1.82) is 0 Å². The molecule has 2 N–H and O–H groups in total. The van der Waals surface area contributed by atoms with E-state index in [9.17, 15) is 9.90 Å². The van der Waals surface area contributed by atoms with Gasteiger partial charge in [0.1, 0.15) is 0 Å². The molecule has 0 spiro atoms. The molecule has 0 aliphatic carbocycles. The van der Waals surface area contributed by atoms with Crippen LogP contribution in [0.2, 0.25) is 0 Å². The number of carboxylic acid groups (broad SMARTS) is 1. The molecule has 0 unspecified atom stereocenters. The summed E-state index contributed by atoms with van der Waals surface area (Å²) >= 11 is 0. The summed E-state index contributed by atoms with van der Waals surface area (Å²) in [5.74, 6) is 0.367. The Kier molecular flexibility index (Phi) is 5.08. The van der Waals surface area contributed by atoms with E-state index in [4.69, 9.17) is 5.11 Å². The first-order valence-electron chi connectivity index (χ1n) is 5.33. The van der Waals surface area contributed by atoms with E-state index in [2.05, 4.69) is 0 Å². The zero-order valence-corrected chi connectivity index (χ0v) is 10.3. The molecule has 15 heavy (non-hydrogen) atoms. The Morgan fingerprint density at radius 3 is 2.00 bits per heavy atom. The fourth-order valence-corrected chi connectivity index (χ4v) is 1.80. The first kappa shape index (κ1) is 14.2. The molecule has 0 aromatic carbocycles. The van der Waals surface area contributed by atoms with E-state index in [1.165, 1.54) is 4.90 Å². The summed E-state index contributed by atoms with van der Waals surface area (Å²) in [5.41, 5.74) is -0.478. The number of hydrogen-bond acceptors (Lipinski definition) is 2. The zero-order chi connectivity index (χ0) is 12.2. The number of rotatable bonds is 4. The number of amides is 1. The number of aliphatic hydroxyl groups excluding tert-OH is 1. The highest BCUT2D eigenvalue weighted by atomic mass is 16.4. The molecular weight excluding hydrogens is 194 g/mol. The monoisotopic (exact) mass is 217 g/mol. The molecule has 0 saturated heterocycles. The molecule has 90 valence electrons. The van der Waals surface area contributed by atoms with Crippen molar-refractivity contribution in [2.75, 3.05) is 6.61 Å². The highest BCUT2D eigenvalue weighted by Crippen LogP contribution is 2.21. The summed E-state index contributed by atoms with van der Waals surface area (Å²) in [6, 6.07) is -0.317. The lowest BCUT2D eigenvalue weighted by molar-refractivity contribution is 0.0385. The van der Waals surface area contributed by atoms with E-state index in [1.807, 2.05) is 34.6 Å². The van der Waals surface area contributed by atoms with Crippen molar-refractivity contribution >= 4 is 6.09 Å². The minimum absolute atomic E-state index is 0.123. The topological polar surface area (TPSA) is 60.8 Å². The van der Waals surface area contributed by atoms with Crippen molar-refractivity contribution in [2.24, 2.45) is 5.92 Å². The largest absolute Gasteiger partial charge is 0.465 e. The van der Waals surface area contributed by atoms with Crippen molar-refractivity contribution in [1.82, 2.24) is 4.90 Å². The van der Waals surface area contributed by atoms with E-state index in [1.54, 1.807) is 0 Å². The lowest BCUT2D eigenvalue weighted by Crippen LogP contribution is -2.52. The van der Waals surface area contributed by atoms with Gasteiger partial charge in [0.15, 0.2) is 0 Å². The van der Waals surface area contributed by atoms with Gasteiger partial charge in [0.25, 0.3) is 0 Å². The molecule has 4 nitrogen and oxygen atoms in total. The van der Waals surface area contributed by atoms with E-state index >= 15 is 0 Å². The van der Waals surface area contributed by atoms with Gasteiger partial charge in [0.05, 0.1) is 12.6 Å². The van der Waals surface area contributed by atoms with Crippen LogP contribution in [0.15, 0.2) is 0 Å². The van der Waals surface area contributed by atoms with Crippen LogP contribution in [0.4, 0.5) is 4.79 Å². The van der Waals surface area contributed by atoms with Gasteiger partial charge in [-0.15, -0.1) is 0 Å². The van der Waals surface area contributed by atoms with Crippen molar-refractivity contribution in [3.8, 4) is 0 Å². The van der Waals surface area contributed by atoms with Gasteiger partial charge in [-0.2, -0.15) is 0 Å². The summed E-state index contributed by atoms with van der Waals surface area (Å²) < 4.78 is 0. The highest BCUT2D eigenvalue weighted by Gasteiger charge is 2.32. The quantitative estimate of drug-likeness (QED) is 0.758. The molecule has 0 bridgehead atoms. The van der Waals surface area contributed by atoms with Crippen LogP contribution in [0.25, 0.3) is 0 Å². The molecule has 0 fully saturated rings. The molecule has 0 saturated carbocycles. The third kappa shape index (κ3) is 4.51. The molecule has 0 aromatic heterocycles. The number of carbonyl (C=O) groups is 1. The molecule has 4 heteroatoms. The molecule has 0 rings (SSSR count). The summed E-state index contributed by atoms with van der Waals surface area (Å²) in [4.78, 5) is 12.5. The summed E-state index contributed by atoms with van der Waals surface area (Å²) in [7, 11) is 0. The maximum absolute atomic E-state index is 11.1. The van der Waals surface area contributed by atoms with Gasteiger partial charge in [-0.05, 0) is 33.1 Å². The van der Waals surface area contributed by atoms with Crippen LogP contribution in [0.3, 0.4) is 0 Å². The summed E-state index contributed by atoms with van der Waals surface area (Å²) in [6.45, 7) is 9.43. The predicted octanol–water partition coefficient (Wildman–Crippen LogP) is 2.17. The van der Waals surface area contributed by atoms with Crippen molar-refractivity contribution in [2.45, 2.75) is 52.6 Å². The molecule has 0 heterocycles. The molecule has 0 radical (unpaired) electrons. The van der Waals surface area contributed by atoms with Crippen molar-refractivity contribution in [3.05, 3.63) is 0 Å². The third-order valence-corrected chi connectivity index (χ3v) is 2.25. The van der Waals surface area contributed by atoms with Gasteiger partial charge in [-0.1, -0.05) is 13.8 Å². The standard InChI is InChI=1S/C11H23NO3/c1-8(2)6-9(7-13)12(10(14)15)11(3,4)5/h8-9,13H,6-7H2,1-5H3,(H,14,15)/t9-/m0/s1. The van der Waals surface area contributed by atoms with Crippen LogP contribution in [0.1, 0.15) is 41.0 Å². The van der Waals surface area contributed by atoms with Crippen LogP contribution in [0, 0.1) is 5.92 Å². The second-order valence-electron chi connectivity index (χ2n) is 5.29. The Morgan fingerprint density at radius 2 is 1.80 bits per heavy atom. The Bertz CT molecular complexity index is 208. The second kappa shape index (κ2) is 5.35. The minimum atomic E-state index is -0.970. The first-order chi connectivity index (χ1) is 6.70. The smallest absolute Gasteiger partial charge is 0.408 e. The van der Waals surface area contributed by atoms with Gasteiger partial charge in [-0.3, -0.25) is 4.90 Å². The maximum atomic E-state index is 11.1. The van der Waals surface area contributed by atoms with Crippen LogP contribution in [0.5, 0.6) is 0 Å². The molecule has 1 amide bonds. The fourth-order valence-electron chi connectivity index (χ4n) is 1.80. The fraction of sp³-hybridized carbons (Fsp3) is 0.909. The van der Waals surface area contributed by atoms with Crippen molar-refractivity contribution in [3.63, 3.8) is 0 Å². The van der Waals surface area contributed by atoms with Gasteiger partial charge in [0, 0.05) is 5.54 Å². The molecule has 1 atom stereocenters. The van der Waals surface area contributed by atoms with Gasteiger partial charge in [0.2, 0.25) is 0 Å². The summed E-state index contributed by atoms with van der Waals surface area (Å²) in [6.07, 6.45) is -0.290. The lowest BCUT2D eigenvalue weighted by Gasteiger charge is -2.39. The van der Waals surface area contributed by atoms with Crippen LogP contribution < -0.4 is 0 Å². The minimum Gasteiger partial charge on any atom is -0.465 e. The predicted molar refractivity (Wildman–Crippen MR) is 59.9 cm³/mol. The van der Waals surface area contributed by atoms with E-state index in [0.717, 1.165) is 0 Å². The average molecular weight is 217 g/mol. The second-order valence-corrected chi connectivity index (χ2v) is 5.29. The Labute approximate surface area is 91.9 Å². The number of nitrogens with zero attached hydrogens (tertiary/aromatic N) is 1. The normalized spacial score (nSPS) is 14.1. The van der Waals surface area contributed by atoms with Crippen LogP contribution >= 0.6 is 0 Å². The maximum Gasteiger partial charge on any atom is 0.408 e. The Hall–Kier alpha value is -0.770. The average Bonchev–Trinajstić information content (AvgIpc) is 1.98. The molecule has 0 aliphatic heterocycles. The lowest BCUT2D eigenvalue weighted by atomic mass is 9.97. The van der Waals surface area contributed by atoms with E-state index in [0.29, 0.717) is 12.3 Å². The molecule has 0 aliphatic rings. The highest BCUT2D eigenvalue weighted by molar-refractivity contribution is 5.66. The zero-order valence-electron chi connectivity index (χ0n) is 10.3. The van der Waals surface area contributed by atoms with E-state index in [-0.39, 0.29) is 12.6 Å². The SMILES string of the molecule is CC(C)C[C@@H](CO)N(C(=O)O)C(C)(C)C. The van der Waals surface area contributed by atoms with E-state index < -0.39 is 11.6 Å². The van der Waals surface area contributed by atoms with Gasteiger partial charge >= 0.3 is 6.09 Å². The Morgan fingerprint density at radius 1 is 1.33 bits per heavy atom. The van der Waals surface area contributed by atoms with Gasteiger partial charge < -0.3 is 10.2 Å².